The van der Waals surface area contributed by atoms with Gasteiger partial charge in [-0.15, -0.1) is 0 Å². The lowest BCUT2D eigenvalue weighted by molar-refractivity contribution is 0.108. The van der Waals surface area contributed by atoms with E-state index in [4.69, 9.17) is 5.10 Å². The Morgan fingerprint density at radius 1 is 1.06 bits per heavy atom. The third-order valence-corrected chi connectivity index (χ3v) is 4.34. The molecule has 0 aromatic heterocycles. The van der Waals surface area contributed by atoms with Crippen molar-refractivity contribution in [1.82, 2.24) is 5.01 Å². The first-order valence-electron chi connectivity index (χ1n) is 7.20. The smallest absolute Gasteiger partial charge is 0.0683 e. The van der Waals surface area contributed by atoms with Crippen LogP contribution in [0.1, 0.15) is 50.7 Å². The molecule has 0 saturated carbocycles. The highest BCUT2D eigenvalue weighted by Gasteiger charge is 2.25. The summed E-state index contributed by atoms with van der Waals surface area (Å²) in [5.74, 6) is 0. The summed E-state index contributed by atoms with van der Waals surface area (Å²) in [7, 11) is 0. The maximum absolute atomic E-state index is 4.99. The molecular formula is C16H22N2. The van der Waals surface area contributed by atoms with E-state index in [2.05, 4.69) is 43.1 Å². The minimum absolute atomic E-state index is 0.592. The number of fused-ring (bicyclic) bond motifs is 1. The van der Waals surface area contributed by atoms with Gasteiger partial charge in [0.15, 0.2) is 0 Å². The average molecular weight is 242 g/mol. The highest BCUT2D eigenvalue weighted by atomic mass is 15.5. The number of hydrogen-bond acceptors (Lipinski definition) is 2. The second-order valence-corrected chi connectivity index (χ2v) is 5.71. The Bertz CT molecular complexity index is 454. The maximum atomic E-state index is 4.99. The quantitative estimate of drug-likeness (QED) is 0.734. The number of aryl methyl sites for hydroxylation is 1. The molecular weight excluding hydrogens is 220 g/mol. The van der Waals surface area contributed by atoms with Crippen molar-refractivity contribution in [1.29, 1.82) is 0 Å². The van der Waals surface area contributed by atoms with Gasteiger partial charge in [0, 0.05) is 17.6 Å². The molecule has 18 heavy (non-hydrogen) atoms. The van der Waals surface area contributed by atoms with E-state index in [1.807, 2.05) is 0 Å². The molecule has 96 valence electrons. The molecule has 1 aliphatic heterocycles. The van der Waals surface area contributed by atoms with Crippen LogP contribution in [0.3, 0.4) is 0 Å². The minimum atomic E-state index is 0.592. The van der Waals surface area contributed by atoms with E-state index < -0.39 is 0 Å². The van der Waals surface area contributed by atoms with Crippen LogP contribution in [-0.2, 0) is 6.42 Å². The van der Waals surface area contributed by atoms with Crippen LogP contribution in [0.4, 0.5) is 0 Å². The zero-order valence-corrected chi connectivity index (χ0v) is 11.4. The van der Waals surface area contributed by atoms with Crippen molar-refractivity contribution in [2.45, 2.75) is 58.0 Å². The predicted molar refractivity (Wildman–Crippen MR) is 75.9 cm³/mol. The molecule has 1 saturated heterocycles. The fourth-order valence-electron chi connectivity index (χ4n) is 3.26. The first kappa shape index (κ1) is 11.8. The van der Waals surface area contributed by atoms with Crippen LogP contribution in [0.15, 0.2) is 29.4 Å². The topological polar surface area (TPSA) is 15.6 Å². The molecule has 1 fully saturated rings. The van der Waals surface area contributed by atoms with Gasteiger partial charge in [-0.25, -0.2) is 0 Å². The normalized spacial score (nSPS) is 29.7. The summed E-state index contributed by atoms with van der Waals surface area (Å²) in [6.45, 7) is 4.61. The van der Waals surface area contributed by atoms with Gasteiger partial charge in [-0.1, -0.05) is 24.3 Å². The van der Waals surface area contributed by atoms with Crippen molar-refractivity contribution >= 4 is 5.71 Å². The Balaban J connectivity index is 1.89. The zero-order valence-electron chi connectivity index (χ0n) is 11.4. The van der Waals surface area contributed by atoms with E-state index in [9.17, 15) is 0 Å². The standard InChI is InChI=1S/C16H22N2/c1-12-6-5-7-13(2)18(12)17-16-11-10-14-8-3-4-9-15(14)16/h3-4,8-9,12-13H,5-7,10-11H2,1-2H3. The second-order valence-electron chi connectivity index (χ2n) is 5.71. The Kier molecular flexibility index (Phi) is 3.11. The molecule has 0 N–H and O–H groups in total. The largest absolute Gasteiger partial charge is 0.291 e. The van der Waals surface area contributed by atoms with Crippen LogP contribution in [-0.4, -0.2) is 22.8 Å². The van der Waals surface area contributed by atoms with Crippen LogP contribution in [0.25, 0.3) is 0 Å². The van der Waals surface area contributed by atoms with E-state index in [1.54, 1.807) is 0 Å². The predicted octanol–water partition coefficient (Wildman–Crippen LogP) is 3.60. The Morgan fingerprint density at radius 2 is 1.78 bits per heavy atom. The van der Waals surface area contributed by atoms with Crippen molar-refractivity contribution in [3.63, 3.8) is 0 Å². The number of piperidine rings is 1. The summed E-state index contributed by atoms with van der Waals surface area (Å²) in [5.41, 5.74) is 4.14. The molecule has 1 aromatic rings. The molecule has 0 amide bonds. The third-order valence-electron chi connectivity index (χ3n) is 4.34. The van der Waals surface area contributed by atoms with Gasteiger partial charge in [0.1, 0.15) is 0 Å². The number of rotatable bonds is 1. The van der Waals surface area contributed by atoms with Crippen LogP contribution in [0, 0.1) is 0 Å². The summed E-state index contributed by atoms with van der Waals surface area (Å²) < 4.78 is 0. The molecule has 0 radical (unpaired) electrons. The molecule has 2 nitrogen and oxygen atoms in total. The molecule has 1 heterocycles. The van der Waals surface area contributed by atoms with E-state index >= 15 is 0 Å². The van der Waals surface area contributed by atoms with Crippen molar-refractivity contribution in [3.8, 4) is 0 Å². The van der Waals surface area contributed by atoms with E-state index in [1.165, 1.54) is 36.1 Å². The summed E-state index contributed by atoms with van der Waals surface area (Å²) in [4.78, 5) is 0. The van der Waals surface area contributed by atoms with Crippen LogP contribution < -0.4 is 0 Å². The fourth-order valence-corrected chi connectivity index (χ4v) is 3.26. The van der Waals surface area contributed by atoms with Crippen molar-refractivity contribution in [2.24, 2.45) is 5.10 Å². The minimum Gasteiger partial charge on any atom is -0.291 e. The van der Waals surface area contributed by atoms with Gasteiger partial charge >= 0.3 is 0 Å². The highest BCUT2D eigenvalue weighted by Crippen LogP contribution is 2.27. The van der Waals surface area contributed by atoms with E-state index in [-0.39, 0.29) is 0 Å². The summed E-state index contributed by atoms with van der Waals surface area (Å²) in [5, 5.41) is 7.34. The number of benzene rings is 1. The zero-order chi connectivity index (χ0) is 12.5. The van der Waals surface area contributed by atoms with Crippen molar-refractivity contribution in [2.75, 3.05) is 0 Å². The van der Waals surface area contributed by atoms with Gasteiger partial charge in [0.25, 0.3) is 0 Å². The lowest BCUT2D eigenvalue weighted by atomic mass is 10.00. The second kappa shape index (κ2) is 4.75. The summed E-state index contributed by atoms with van der Waals surface area (Å²) in [6.07, 6.45) is 6.17. The highest BCUT2D eigenvalue weighted by molar-refractivity contribution is 6.04. The van der Waals surface area contributed by atoms with Gasteiger partial charge in [-0.2, -0.15) is 5.10 Å². The Morgan fingerprint density at radius 3 is 2.56 bits per heavy atom. The number of hydrogen-bond donors (Lipinski definition) is 0. The third kappa shape index (κ3) is 2.05. The number of nitrogens with zero attached hydrogens (tertiary/aromatic N) is 2. The Hall–Kier alpha value is -1.31. The van der Waals surface area contributed by atoms with Gasteiger partial charge < -0.3 is 0 Å². The molecule has 1 aliphatic carbocycles. The first-order valence-corrected chi connectivity index (χ1v) is 7.20. The van der Waals surface area contributed by atoms with Gasteiger partial charge in [-0.3, -0.25) is 5.01 Å². The summed E-state index contributed by atoms with van der Waals surface area (Å²) in [6, 6.07) is 9.90. The van der Waals surface area contributed by atoms with Gasteiger partial charge in [0.05, 0.1) is 5.71 Å². The molecule has 2 aliphatic rings. The number of hydrazone groups is 1. The Labute approximate surface area is 110 Å². The lowest BCUT2D eigenvalue weighted by Gasteiger charge is -2.37. The average Bonchev–Trinajstić information content (AvgIpc) is 2.77. The van der Waals surface area contributed by atoms with Crippen LogP contribution in [0.2, 0.25) is 0 Å². The van der Waals surface area contributed by atoms with Gasteiger partial charge in [-0.05, 0) is 51.5 Å². The lowest BCUT2D eigenvalue weighted by Crippen LogP contribution is -2.40. The van der Waals surface area contributed by atoms with Crippen LogP contribution >= 0.6 is 0 Å². The fraction of sp³-hybridized carbons (Fsp3) is 0.562. The molecule has 2 unspecified atom stereocenters. The van der Waals surface area contributed by atoms with Crippen molar-refractivity contribution in [3.05, 3.63) is 35.4 Å². The summed E-state index contributed by atoms with van der Waals surface area (Å²) >= 11 is 0. The maximum Gasteiger partial charge on any atom is 0.0683 e. The molecule has 3 rings (SSSR count). The molecule has 0 bridgehead atoms. The molecule has 2 atom stereocenters. The van der Waals surface area contributed by atoms with E-state index in [0.717, 1.165) is 12.8 Å². The molecule has 2 heteroatoms. The first-order chi connectivity index (χ1) is 8.75. The molecule has 1 aromatic carbocycles. The van der Waals surface area contributed by atoms with Gasteiger partial charge in [0.2, 0.25) is 0 Å². The van der Waals surface area contributed by atoms with E-state index in [0.29, 0.717) is 12.1 Å². The monoisotopic (exact) mass is 242 g/mol. The van der Waals surface area contributed by atoms with Crippen LogP contribution in [0.5, 0.6) is 0 Å². The molecule has 0 spiro atoms. The van der Waals surface area contributed by atoms with Crippen molar-refractivity contribution < 1.29 is 0 Å². The SMILES string of the molecule is CC1CCCC(C)N1N=C1CCc2ccccc21.